The Balaban J connectivity index is 2.74. The molecule has 0 aliphatic rings. The van der Waals surface area contributed by atoms with Gasteiger partial charge in [0.05, 0.1) is 0 Å². The lowest BCUT2D eigenvalue weighted by Gasteiger charge is -2.27. The number of fused-ring (bicyclic) bond motifs is 3. The minimum atomic E-state index is -1.59. The lowest BCUT2D eigenvalue weighted by Crippen LogP contribution is -2.17. The van der Waals surface area contributed by atoms with Crippen molar-refractivity contribution in [1.82, 2.24) is 0 Å². The highest BCUT2D eigenvalue weighted by Crippen LogP contribution is 2.43. The molecule has 2 N–H and O–H groups in total. The molecule has 1 heterocycles. The molecule has 0 fully saturated rings. The van der Waals surface area contributed by atoms with Crippen LogP contribution in [0.25, 0.3) is 21.9 Å². The van der Waals surface area contributed by atoms with Crippen LogP contribution in [0.5, 0.6) is 0 Å². The zero-order chi connectivity index (χ0) is 24.4. The summed E-state index contributed by atoms with van der Waals surface area (Å²) < 4.78 is 12.8. The van der Waals surface area contributed by atoms with Gasteiger partial charge in [0.15, 0.2) is 0 Å². The summed E-state index contributed by atoms with van der Waals surface area (Å²) in [6.07, 6.45) is 0. The van der Waals surface area contributed by atoms with E-state index >= 15 is 0 Å². The van der Waals surface area contributed by atoms with Crippen LogP contribution in [0.2, 0.25) is 0 Å². The van der Waals surface area contributed by atoms with E-state index in [4.69, 9.17) is 13.9 Å². The molecule has 2 aromatic carbocycles. The van der Waals surface area contributed by atoms with Crippen LogP contribution in [0.15, 0.2) is 32.7 Å². The minimum absolute atomic E-state index is 0.00426. The number of nitrogens with two attached hydrogens (primary N) is 1. The van der Waals surface area contributed by atoms with Gasteiger partial charge >= 0.3 is 8.16 Å². The van der Waals surface area contributed by atoms with Crippen molar-refractivity contribution in [3.63, 3.8) is 0 Å². The Morgan fingerprint density at radius 2 is 0.844 bits per heavy atom. The molecule has 3 rings (SSSR count). The molecule has 1 aromatic heterocycles. The Labute approximate surface area is 195 Å². The van der Waals surface area contributed by atoms with Crippen LogP contribution in [0.3, 0.4) is 0 Å². The van der Waals surface area contributed by atoms with Crippen molar-refractivity contribution in [2.45, 2.75) is 105 Å². The lowest BCUT2D eigenvalue weighted by molar-refractivity contribution is 0.557. The fourth-order valence-electron chi connectivity index (χ4n) is 4.03. The maximum atomic E-state index is 6.46. The normalized spacial score (nSPS) is 13.8. The van der Waals surface area contributed by atoms with Crippen LogP contribution in [0.4, 0.5) is 0 Å². The van der Waals surface area contributed by atoms with Crippen LogP contribution < -0.4 is 5.50 Å². The van der Waals surface area contributed by atoms with Gasteiger partial charge in [0.1, 0.15) is 11.2 Å². The fourth-order valence-corrected chi connectivity index (χ4v) is 4.82. The molecule has 0 radical (unpaired) electrons. The van der Waals surface area contributed by atoms with E-state index < -0.39 is 8.16 Å². The lowest BCUT2D eigenvalue weighted by atomic mass is 9.77. The summed E-state index contributed by atoms with van der Waals surface area (Å²) in [6, 6.07) is 9.18. The van der Waals surface area contributed by atoms with E-state index in [-0.39, 0.29) is 21.7 Å². The van der Waals surface area contributed by atoms with E-state index in [0.717, 1.165) is 21.9 Å². The highest BCUT2D eigenvalue weighted by atomic mass is 31.1. The minimum Gasteiger partial charge on any atom is -0.408 e. The first-order valence-electron chi connectivity index (χ1n) is 11.6. The van der Waals surface area contributed by atoms with Crippen molar-refractivity contribution < 1.29 is 8.39 Å². The topological polar surface area (TPSA) is 52.3 Å². The highest BCUT2D eigenvalue weighted by molar-refractivity contribution is 7.36. The van der Waals surface area contributed by atoms with Crippen molar-refractivity contribution in [2.75, 3.05) is 5.50 Å². The number of nitrogen functional groups attached to an aromatic ring is 1. The monoisotopic (exact) mass is 455 g/mol. The van der Waals surface area contributed by atoms with Crippen molar-refractivity contribution in [2.24, 2.45) is 0 Å². The van der Waals surface area contributed by atoms with Gasteiger partial charge in [0, 0.05) is 21.9 Å². The molecule has 0 aliphatic heterocycles. The summed E-state index contributed by atoms with van der Waals surface area (Å²) >= 11 is 0. The third-order valence-corrected chi connectivity index (χ3v) is 6.90. The second kappa shape index (κ2) is 7.67. The smallest absolute Gasteiger partial charge is 0.303 e. The molecule has 3 nitrogen and oxygen atoms in total. The number of hydrogen-bond donors (Lipinski definition) is 1. The van der Waals surface area contributed by atoms with Crippen molar-refractivity contribution in [1.29, 1.82) is 0 Å². The number of benzene rings is 2. The van der Waals surface area contributed by atoms with E-state index in [1.807, 2.05) is 0 Å². The molecule has 0 bridgehead atoms. The molecule has 0 saturated carbocycles. The standard InChI is InChI=1S/C28H42NO2P/c1-25(2,3)17-13-19-20-14-18(26(4,5)6)16-22(28(10,11)12)24(20)31-32(29)30-23(19)21(15-17)27(7,8)9/h13-16H,29H2,1-12H3. The molecule has 0 spiro atoms. The van der Waals surface area contributed by atoms with E-state index in [1.165, 1.54) is 22.3 Å². The summed E-state index contributed by atoms with van der Waals surface area (Å²) in [4.78, 5) is 0. The third-order valence-electron chi connectivity index (χ3n) is 6.18. The Kier molecular flexibility index (Phi) is 5.98. The van der Waals surface area contributed by atoms with Crippen LogP contribution >= 0.6 is 8.16 Å². The first-order chi connectivity index (χ1) is 14.3. The fraction of sp³-hybridized carbons (Fsp3) is 0.571. The van der Waals surface area contributed by atoms with Gasteiger partial charge < -0.3 is 8.39 Å². The first-order valence-corrected chi connectivity index (χ1v) is 12.8. The summed E-state index contributed by atoms with van der Waals surface area (Å²) in [7, 11) is -1.59. The molecule has 0 aliphatic carbocycles. The molecule has 0 atom stereocenters. The summed E-state index contributed by atoms with van der Waals surface area (Å²) in [5.74, 6) is 0. The molecule has 3 aromatic rings. The second-order valence-corrected chi connectivity index (χ2v) is 14.2. The Morgan fingerprint density at radius 3 is 1.09 bits per heavy atom. The molecule has 176 valence electrons. The van der Waals surface area contributed by atoms with Crippen molar-refractivity contribution in [3.8, 4) is 0 Å². The van der Waals surface area contributed by atoms with Crippen LogP contribution in [0, 0.1) is 0 Å². The summed E-state index contributed by atoms with van der Waals surface area (Å²) in [5, 5.41) is 2.17. The van der Waals surface area contributed by atoms with Gasteiger partial charge in [-0.25, -0.2) is 5.50 Å². The maximum absolute atomic E-state index is 6.46. The zero-order valence-electron chi connectivity index (χ0n) is 22.2. The van der Waals surface area contributed by atoms with Gasteiger partial charge in [0.2, 0.25) is 0 Å². The first kappa shape index (κ1) is 24.9. The summed E-state index contributed by atoms with van der Waals surface area (Å²) in [5.41, 5.74) is 12.9. The van der Waals surface area contributed by atoms with Gasteiger partial charge in [-0.15, -0.1) is 0 Å². The molecular formula is C28H42NO2P. The van der Waals surface area contributed by atoms with Gasteiger partial charge in [0.25, 0.3) is 0 Å². The second-order valence-electron chi connectivity index (χ2n) is 13.3. The van der Waals surface area contributed by atoms with Gasteiger partial charge in [-0.05, 0) is 44.9 Å². The van der Waals surface area contributed by atoms with Crippen LogP contribution in [0.1, 0.15) is 105 Å². The molecule has 0 unspecified atom stereocenters. The van der Waals surface area contributed by atoms with E-state index in [2.05, 4.69) is 107 Å². The van der Waals surface area contributed by atoms with Crippen LogP contribution in [-0.2, 0) is 21.7 Å². The van der Waals surface area contributed by atoms with Crippen molar-refractivity contribution in [3.05, 3.63) is 46.5 Å². The molecule has 0 saturated heterocycles. The molecular weight excluding hydrogens is 413 g/mol. The average molecular weight is 456 g/mol. The molecule has 0 amide bonds. The number of rotatable bonds is 0. The Bertz CT molecular complexity index is 1110. The van der Waals surface area contributed by atoms with E-state index in [9.17, 15) is 0 Å². The van der Waals surface area contributed by atoms with Crippen molar-refractivity contribution >= 4 is 30.1 Å². The predicted molar refractivity (Wildman–Crippen MR) is 141 cm³/mol. The summed E-state index contributed by atoms with van der Waals surface area (Å²) in [6.45, 7) is 27.0. The molecule has 4 heteroatoms. The zero-order valence-corrected chi connectivity index (χ0v) is 23.0. The largest absolute Gasteiger partial charge is 0.408 e. The average Bonchev–Trinajstić information content (AvgIpc) is 2.71. The Morgan fingerprint density at radius 1 is 0.531 bits per heavy atom. The van der Waals surface area contributed by atoms with Crippen LogP contribution in [-0.4, -0.2) is 0 Å². The quantitative estimate of drug-likeness (QED) is 0.367. The Hall–Kier alpha value is -1.70. The van der Waals surface area contributed by atoms with E-state index in [1.54, 1.807) is 0 Å². The maximum Gasteiger partial charge on any atom is 0.303 e. The SMILES string of the molecule is CC(C)(C)c1cc(C(C)(C)C)c2op(N)oc3c(C(C)(C)C)cc(C(C)(C)C)cc3c2c1. The van der Waals surface area contributed by atoms with Gasteiger partial charge in [-0.2, -0.15) is 0 Å². The molecule has 32 heavy (non-hydrogen) atoms. The van der Waals surface area contributed by atoms with Gasteiger partial charge in [-0.1, -0.05) is 95.2 Å². The van der Waals surface area contributed by atoms with E-state index in [0.29, 0.717) is 0 Å². The predicted octanol–water partition coefficient (Wildman–Crippen LogP) is 9.19. The third kappa shape index (κ3) is 4.80. The van der Waals surface area contributed by atoms with Gasteiger partial charge in [-0.3, -0.25) is 0 Å². The number of hydrogen-bond acceptors (Lipinski definition) is 3. The highest BCUT2D eigenvalue weighted by Gasteiger charge is 2.28.